The third kappa shape index (κ3) is 79.1. The Labute approximate surface area is 628 Å². The predicted octanol–water partition coefficient (Wildman–Crippen LogP) is 24.3. The van der Waals surface area contributed by atoms with Crippen molar-refractivity contribution in [2.75, 3.05) is 39.6 Å². The van der Waals surface area contributed by atoms with Gasteiger partial charge in [-0.25, -0.2) is 9.13 Å². The summed E-state index contributed by atoms with van der Waals surface area (Å²) < 4.78 is 61.1. The van der Waals surface area contributed by atoms with Gasteiger partial charge in [-0.3, -0.25) is 32.5 Å². The van der Waals surface area contributed by atoms with Gasteiger partial charge in [0.05, 0.1) is 26.4 Å². The van der Waals surface area contributed by atoms with Crippen LogP contribution in [0.4, 0.5) is 0 Å². The summed E-state index contributed by atoms with van der Waals surface area (Å²) >= 11 is 0. The molecule has 0 saturated carbocycles. The molecule has 0 radical (unpaired) electrons. The minimum Gasteiger partial charge on any atom is -0.463 e. The molecule has 18 heteroatoms. The van der Waals surface area contributed by atoms with Crippen molar-refractivity contribution < 1.29 is 75.8 Å². The van der Waals surface area contributed by atoms with E-state index < -0.39 is 91.5 Å². The largest absolute Gasteiger partial charge is 0.472 e. The van der Waals surface area contributed by atoms with E-state index in [1.807, 2.05) is 0 Å². The van der Waals surface area contributed by atoms with Crippen molar-refractivity contribution in [3.63, 3.8) is 0 Å². The van der Waals surface area contributed by atoms with Crippen LogP contribution in [0.15, 0.2) is 109 Å². The molecule has 0 amide bonds. The maximum atomic E-state index is 12.9. The van der Waals surface area contributed by atoms with Crippen molar-refractivity contribution in [1.82, 2.24) is 0 Å². The molecule has 0 aliphatic rings. The van der Waals surface area contributed by atoms with Gasteiger partial charge in [0.15, 0.2) is 6.10 Å². The van der Waals surface area contributed by atoms with Gasteiger partial charge in [-0.2, -0.15) is 0 Å². The summed E-state index contributed by atoms with van der Waals surface area (Å²) in [5, 5.41) is 20.6. The lowest BCUT2D eigenvalue weighted by Gasteiger charge is -2.21. The summed E-state index contributed by atoms with van der Waals surface area (Å²) in [5.74, 6) is -1.57. The highest BCUT2D eigenvalue weighted by Crippen LogP contribution is 2.45. The Morgan fingerprint density at radius 1 is 0.282 bits per heavy atom. The second-order valence-electron chi connectivity index (χ2n) is 27.6. The quantitative estimate of drug-likeness (QED) is 0.0146. The van der Waals surface area contributed by atoms with E-state index >= 15 is 0 Å². The molecular weight excluding hydrogens is 1340 g/mol. The summed E-state index contributed by atoms with van der Waals surface area (Å²) in [6.07, 6.45) is 91.6. The van der Waals surface area contributed by atoms with E-state index in [0.717, 1.165) is 141 Å². The molecule has 0 saturated heterocycles. The SMILES string of the molecule is CC/C=C\C/C=C\C/C=C\C/C=C\C/C=C\CCCCCCCCCC(=O)OCC(COP(=O)(O)OCC(O)COP(=O)(O)OCC(O)COC(=O)CCCCCCCCCCCCCCCCCCC/C=C\C/C=C\C/C=C\C/C=C\CCCCC)OC(=O)CCCCCCCCCCCCC. The van der Waals surface area contributed by atoms with Crippen molar-refractivity contribution in [3.8, 4) is 0 Å². The van der Waals surface area contributed by atoms with E-state index in [-0.39, 0.29) is 19.3 Å². The predicted molar refractivity (Wildman–Crippen MR) is 427 cm³/mol. The zero-order valence-electron chi connectivity index (χ0n) is 65.2. The first-order chi connectivity index (χ1) is 50.2. The maximum absolute atomic E-state index is 12.9. The third-order valence-corrected chi connectivity index (χ3v) is 19.4. The molecule has 0 rings (SSSR count). The minimum atomic E-state index is -4.93. The summed E-state index contributed by atoms with van der Waals surface area (Å²) in [7, 11) is -9.78. The zero-order valence-corrected chi connectivity index (χ0v) is 67.0. The Hall–Kier alpha value is -3.79. The van der Waals surface area contributed by atoms with Crippen molar-refractivity contribution in [2.45, 2.75) is 373 Å². The van der Waals surface area contributed by atoms with Crippen LogP contribution in [0.25, 0.3) is 0 Å². The number of carbonyl (C=O) groups excluding carboxylic acids is 3. The van der Waals surface area contributed by atoms with E-state index in [0.29, 0.717) is 19.3 Å². The summed E-state index contributed by atoms with van der Waals surface area (Å²) in [5.41, 5.74) is 0. The number of allylic oxidation sites excluding steroid dienone is 18. The van der Waals surface area contributed by atoms with E-state index in [1.165, 1.54) is 154 Å². The highest BCUT2D eigenvalue weighted by atomic mass is 31.2. The molecule has 0 aromatic rings. The molecular formula is C85H150O16P2. The zero-order chi connectivity index (χ0) is 75.2. The molecule has 596 valence electrons. The summed E-state index contributed by atoms with van der Waals surface area (Å²) in [4.78, 5) is 58.6. The third-order valence-electron chi connectivity index (χ3n) is 17.5. The average Bonchev–Trinajstić information content (AvgIpc) is 0.913. The number of hydrogen-bond acceptors (Lipinski definition) is 14. The van der Waals surface area contributed by atoms with Gasteiger partial charge >= 0.3 is 33.6 Å². The number of ether oxygens (including phenoxy) is 3. The molecule has 0 aliphatic carbocycles. The van der Waals surface area contributed by atoms with Crippen LogP contribution in [0.2, 0.25) is 0 Å². The number of phosphoric ester groups is 2. The number of hydrogen-bond donors (Lipinski definition) is 4. The van der Waals surface area contributed by atoms with Crippen LogP contribution in [0.5, 0.6) is 0 Å². The minimum absolute atomic E-state index is 0.104. The number of carbonyl (C=O) groups is 3. The number of rotatable bonds is 78. The van der Waals surface area contributed by atoms with Gasteiger partial charge in [-0.1, -0.05) is 336 Å². The Morgan fingerprint density at radius 2 is 0.515 bits per heavy atom. The van der Waals surface area contributed by atoms with Gasteiger partial charge in [0.1, 0.15) is 25.4 Å². The molecule has 5 atom stereocenters. The van der Waals surface area contributed by atoms with Crippen LogP contribution in [-0.2, 0) is 55.8 Å². The molecule has 0 aromatic carbocycles. The first-order valence-electron chi connectivity index (χ1n) is 41.2. The number of aliphatic hydroxyl groups is 2. The van der Waals surface area contributed by atoms with Crippen LogP contribution in [0, 0.1) is 0 Å². The van der Waals surface area contributed by atoms with Crippen LogP contribution in [0.1, 0.15) is 355 Å². The van der Waals surface area contributed by atoms with Gasteiger partial charge in [0.25, 0.3) is 0 Å². The lowest BCUT2D eigenvalue weighted by atomic mass is 10.0. The fourth-order valence-electron chi connectivity index (χ4n) is 11.2. The van der Waals surface area contributed by atoms with Gasteiger partial charge in [0, 0.05) is 19.3 Å². The van der Waals surface area contributed by atoms with E-state index in [9.17, 15) is 43.5 Å². The van der Waals surface area contributed by atoms with Crippen molar-refractivity contribution >= 4 is 33.6 Å². The fraction of sp³-hybridized carbons (Fsp3) is 0.753. The van der Waals surface area contributed by atoms with Crippen LogP contribution in [0.3, 0.4) is 0 Å². The Morgan fingerprint density at radius 3 is 0.835 bits per heavy atom. The van der Waals surface area contributed by atoms with Crippen molar-refractivity contribution in [2.24, 2.45) is 0 Å². The molecule has 4 N–H and O–H groups in total. The molecule has 16 nitrogen and oxygen atoms in total. The van der Waals surface area contributed by atoms with Crippen LogP contribution < -0.4 is 0 Å². The van der Waals surface area contributed by atoms with E-state index in [2.05, 4.69) is 130 Å². The number of unbranched alkanes of at least 4 members (excludes halogenated alkanes) is 37. The van der Waals surface area contributed by atoms with E-state index in [4.69, 9.17) is 32.3 Å². The molecule has 0 spiro atoms. The molecule has 103 heavy (non-hydrogen) atoms. The first kappa shape index (κ1) is 99.2. The van der Waals surface area contributed by atoms with Crippen molar-refractivity contribution in [3.05, 3.63) is 109 Å². The van der Waals surface area contributed by atoms with E-state index in [1.54, 1.807) is 0 Å². The first-order valence-corrected chi connectivity index (χ1v) is 44.2. The molecule has 0 fully saturated rings. The number of aliphatic hydroxyl groups excluding tert-OH is 2. The number of esters is 3. The summed E-state index contributed by atoms with van der Waals surface area (Å²) in [6, 6.07) is 0. The van der Waals surface area contributed by atoms with Crippen LogP contribution in [-0.4, -0.2) is 95.9 Å². The van der Waals surface area contributed by atoms with Gasteiger partial charge in [-0.15, -0.1) is 0 Å². The lowest BCUT2D eigenvalue weighted by Crippen LogP contribution is -2.30. The normalized spacial score (nSPS) is 14.5. The maximum Gasteiger partial charge on any atom is 0.472 e. The van der Waals surface area contributed by atoms with Crippen molar-refractivity contribution in [1.29, 1.82) is 0 Å². The Balaban J connectivity index is 4.37. The topological polar surface area (TPSA) is 231 Å². The summed E-state index contributed by atoms with van der Waals surface area (Å²) in [6.45, 7) is 2.55. The molecule has 0 aliphatic heterocycles. The molecule has 5 unspecified atom stereocenters. The fourth-order valence-corrected chi connectivity index (χ4v) is 12.8. The lowest BCUT2D eigenvalue weighted by molar-refractivity contribution is -0.161. The standard InChI is InChI=1S/C85H150O16P2/c1-4-7-10-13-16-19-22-24-26-28-30-32-34-35-36-37-38-39-40-41-42-43-45-47-48-50-52-54-57-59-62-65-68-71-83(88)95-74-80(86)75-97-102(91,92)98-76-81(87)77-99-103(93,94)100-79-82(101-85(90)73-70-67-64-61-56-21-18-15-12-9-6-3)78-96-84(89)72-69-66-63-60-58-55-53-51-49-46-44-33-31-29-27-25-23-20-17-14-11-8-5-2/h8,11,16-17,19-20,24-27,30-33,35-36,46,49,80-82,86-87H,4-7,9-10,12-15,18,21-23,28-29,34,37-45,47-48,50-79H2,1-3H3,(H,91,92)(H,93,94)/b11-8-,19-16-,20-17-,26-24-,27-25-,32-30-,33-31-,36-35-,49-46-. The van der Waals surface area contributed by atoms with Gasteiger partial charge in [-0.05, 0) is 109 Å². The Bertz CT molecular complexity index is 2310. The average molecular weight is 1490 g/mol. The molecule has 0 bridgehead atoms. The molecule has 0 heterocycles. The molecule has 0 aromatic heterocycles. The second kappa shape index (κ2) is 77.8. The smallest absolute Gasteiger partial charge is 0.463 e. The second-order valence-corrected chi connectivity index (χ2v) is 30.5. The highest BCUT2D eigenvalue weighted by Gasteiger charge is 2.29. The monoisotopic (exact) mass is 1490 g/mol. The number of phosphoric acid groups is 2. The van der Waals surface area contributed by atoms with Crippen LogP contribution >= 0.6 is 15.6 Å². The van der Waals surface area contributed by atoms with Gasteiger partial charge < -0.3 is 34.2 Å². The highest BCUT2D eigenvalue weighted by molar-refractivity contribution is 7.47. The van der Waals surface area contributed by atoms with Gasteiger partial charge in [0.2, 0.25) is 0 Å². The Kier molecular flexibility index (Phi) is 74.9.